The molecule has 0 bridgehead atoms. The molecule has 0 saturated heterocycles. The first kappa shape index (κ1) is 23.8. The molecular formula is C28H26N4O3S. The van der Waals surface area contributed by atoms with Gasteiger partial charge in [0.2, 0.25) is 5.91 Å². The van der Waals surface area contributed by atoms with Crippen molar-refractivity contribution >= 4 is 40.1 Å². The van der Waals surface area contributed by atoms with Crippen LogP contribution in [0, 0.1) is 6.92 Å². The number of amidine groups is 1. The van der Waals surface area contributed by atoms with Crippen LogP contribution >= 0.6 is 11.8 Å². The molecule has 2 aliphatic rings. The molecule has 2 amide bonds. The van der Waals surface area contributed by atoms with Crippen molar-refractivity contribution in [1.82, 2.24) is 5.01 Å². The number of nitrogens with zero attached hydrogens (tertiary/aromatic N) is 3. The molecule has 2 heterocycles. The van der Waals surface area contributed by atoms with E-state index in [1.54, 1.807) is 7.11 Å². The molecule has 5 rings (SSSR count). The molecule has 0 saturated carbocycles. The zero-order chi connectivity index (χ0) is 25.1. The van der Waals surface area contributed by atoms with Crippen molar-refractivity contribution in [2.75, 3.05) is 12.4 Å². The highest BCUT2D eigenvalue weighted by Gasteiger charge is 2.39. The Kier molecular flexibility index (Phi) is 6.86. The van der Waals surface area contributed by atoms with Crippen molar-refractivity contribution in [2.45, 2.75) is 31.1 Å². The van der Waals surface area contributed by atoms with E-state index >= 15 is 0 Å². The highest BCUT2D eigenvalue weighted by Crippen LogP contribution is 2.39. The highest BCUT2D eigenvalue weighted by molar-refractivity contribution is 8.15. The van der Waals surface area contributed by atoms with Crippen molar-refractivity contribution in [3.8, 4) is 5.75 Å². The number of rotatable bonds is 6. The molecule has 2 atom stereocenters. The molecule has 182 valence electrons. The molecule has 0 radical (unpaired) electrons. The molecule has 36 heavy (non-hydrogen) atoms. The number of ether oxygens (including phenoxy) is 1. The van der Waals surface area contributed by atoms with Gasteiger partial charge in [-0.25, -0.2) is 5.01 Å². The summed E-state index contributed by atoms with van der Waals surface area (Å²) in [4.78, 5) is 29.7. The molecule has 3 aromatic carbocycles. The predicted molar refractivity (Wildman–Crippen MR) is 143 cm³/mol. The van der Waals surface area contributed by atoms with E-state index in [9.17, 15) is 9.59 Å². The average molecular weight is 499 g/mol. The summed E-state index contributed by atoms with van der Waals surface area (Å²) in [5.74, 6) is 0.239. The summed E-state index contributed by atoms with van der Waals surface area (Å²) >= 11 is 1.29. The Balaban J connectivity index is 1.34. The first-order valence-electron chi connectivity index (χ1n) is 11.7. The molecular weight excluding hydrogens is 472 g/mol. The lowest BCUT2D eigenvalue weighted by Gasteiger charge is -2.23. The van der Waals surface area contributed by atoms with Crippen LogP contribution in [0.4, 0.5) is 5.69 Å². The fourth-order valence-corrected chi connectivity index (χ4v) is 5.26. The quantitative estimate of drug-likeness (QED) is 0.506. The number of carbonyl (C=O) groups excluding carboxylic acids is 2. The second-order valence-corrected chi connectivity index (χ2v) is 9.88. The summed E-state index contributed by atoms with van der Waals surface area (Å²) in [6.45, 7) is 1.99. The molecule has 7 nitrogen and oxygen atoms in total. The first-order valence-corrected chi connectivity index (χ1v) is 12.6. The SMILES string of the molecule is COc1ccc([C@H]2CC(c3ccccc3)=NN2C2=NC(=O)[C@H](CC(=O)Nc3ccc(C)cc3)S2)cc1. The van der Waals surface area contributed by atoms with Crippen LogP contribution in [0.1, 0.15) is 35.6 Å². The monoisotopic (exact) mass is 498 g/mol. The van der Waals surface area contributed by atoms with Gasteiger partial charge in [0.1, 0.15) is 11.0 Å². The number of aryl methyl sites for hydroxylation is 1. The normalized spacial score (nSPS) is 19.2. The van der Waals surface area contributed by atoms with Crippen LogP contribution < -0.4 is 10.1 Å². The fraction of sp³-hybridized carbons (Fsp3) is 0.214. The summed E-state index contributed by atoms with van der Waals surface area (Å²) in [6, 6.07) is 25.3. The maximum Gasteiger partial charge on any atom is 0.262 e. The Labute approximate surface area is 214 Å². The first-order chi connectivity index (χ1) is 17.5. The van der Waals surface area contributed by atoms with Gasteiger partial charge in [-0.15, -0.1) is 0 Å². The molecule has 0 fully saturated rings. The van der Waals surface area contributed by atoms with Crippen molar-refractivity contribution in [3.63, 3.8) is 0 Å². The van der Waals surface area contributed by atoms with Crippen molar-refractivity contribution in [1.29, 1.82) is 0 Å². The van der Waals surface area contributed by atoms with Crippen LogP contribution in [-0.4, -0.2) is 40.1 Å². The number of nitrogens with one attached hydrogen (secondary N) is 1. The third kappa shape index (κ3) is 5.18. The maximum absolute atomic E-state index is 12.8. The Hall–Kier alpha value is -3.91. The second-order valence-electron chi connectivity index (χ2n) is 8.71. The number of carbonyl (C=O) groups is 2. The van der Waals surface area contributed by atoms with Crippen LogP contribution in [0.3, 0.4) is 0 Å². The van der Waals surface area contributed by atoms with Gasteiger partial charge in [-0.1, -0.05) is 71.9 Å². The third-order valence-electron chi connectivity index (χ3n) is 6.15. The minimum atomic E-state index is -0.585. The molecule has 0 aromatic heterocycles. The van der Waals surface area contributed by atoms with Crippen molar-refractivity contribution in [3.05, 3.63) is 95.6 Å². The number of amides is 2. The van der Waals surface area contributed by atoms with E-state index in [4.69, 9.17) is 9.84 Å². The lowest BCUT2D eigenvalue weighted by molar-refractivity contribution is -0.121. The van der Waals surface area contributed by atoms with E-state index in [0.29, 0.717) is 17.3 Å². The Morgan fingerprint density at radius 2 is 1.78 bits per heavy atom. The number of anilines is 1. The number of hydrogen-bond donors (Lipinski definition) is 1. The van der Waals surface area contributed by atoms with E-state index in [1.807, 2.05) is 90.8 Å². The van der Waals surface area contributed by atoms with E-state index in [0.717, 1.165) is 28.2 Å². The molecule has 0 spiro atoms. The predicted octanol–water partition coefficient (Wildman–Crippen LogP) is 5.18. The molecule has 8 heteroatoms. The fourth-order valence-electron chi connectivity index (χ4n) is 4.20. The number of hydrogen-bond acceptors (Lipinski definition) is 6. The molecule has 0 aliphatic carbocycles. The van der Waals surface area contributed by atoms with Crippen LogP contribution in [0.25, 0.3) is 0 Å². The van der Waals surface area contributed by atoms with Gasteiger partial charge < -0.3 is 10.1 Å². The summed E-state index contributed by atoms with van der Waals surface area (Å²) in [5, 5.41) is 9.50. The Morgan fingerprint density at radius 3 is 2.47 bits per heavy atom. The van der Waals surface area contributed by atoms with Gasteiger partial charge in [-0.05, 0) is 42.3 Å². The number of methoxy groups -OCH3 is 1. The zero-order valence-corrected chi connectivity index (χ0v) is 20.9. The number of thioether (sulfide) groups is 1. The van der Waals surface area contributed by atoms with Gasteiger partial charge >= 0.3 is 0 Å². The largest absolute Gasteiger partial charge is 0.497 e. The summed E-state index contributed by atoms with van der Waals surface area (Å²) in [5.41, 5.74) is 4.82. The van der Waals surface area contributed by atoms with E-state index in [2.05, 4.69) is 10.3 Å². The van der Waals surface area contributed by atoms with Crippen LogP contribution in [0.15, 0.2) is 89.0 Å². The molecule has 0 unspecified atom stereocenters. The Bertz CT molecular complexity index is 1320. The molecule has 2 aliphatic heterocycles. The third-order valence-corrected chi connectivity index (χ3v) is 7.29. The van der Waals surface area contributed by atoms with Crippen molar-refractivity contribution < 1.29 is 14.3 Å². The lowest BCUT2D eigenvalue weighted by Crippen LogP contribution is -2.25. The highest BCUT2D eigenvalue weighted by atomic mass is 32.2. The van der Waals surface area contributed by atoms with Gasteiger partial charge in [-0.3, -0.25) is 9.59 Å². The van der Waals surface area contributed by atoms with Gasteiger partial charge in [0, 0.05) is 18.5 Å². The number of benzene rings is 3. The lowest BCUT2D eigenvalue weighted by atomic mass is 9.98. The summed E-state index contributed by atoms with van der Waals surface area (Å²) < 4.78 is 5.31. The second kappa shape index (κ2) is 10.4. The molecule has 1 N–H and O–H groups in total. The number of aliphatic imine (C=N–C) groups is 1. The minimum Gasteiger partial charge on any atom is -0.497 e. The van der Waals surface area contributed by atoms with Gasteiger partial charge in [0.05, 0.1) is 18.9 Å². The minimum absolute atomic E-state index is 0.0423. The van der Waals surface area contributed by atoms with Gasteiger partial charge in [-0.2, -0.15) is 10.1 Å². The number of hydrazone groups is 1. The van der Waals surface area contributed by atoms with Crippen LogP contribution in [0.5, 0.6) is 5.75 Å². The Morgan fingerprint density at radius 1 is 1.06 bits per heavy atom. The van der Waals surface area contributed by atoms with E-state index < -0.39 is 5.25 Å². The summed E-state index contributed by atoms with van der Waals surface area (Å²) in [6.07, 6.45) is 0.712. The smallest absolute Gasteiger partial charge is 0.262 e. The standard InChI is InChI=1S/C28H26N4O3S/c1-18-8-12-21(13-9-18)29-26(33)17-25-27(34)30-28(36-25)32-24(20-10-14-22(35-2)15-11-20)16-23(31-32)19-6-4-3-5-7-19/h3-15,24-25H,16-17H2,1-2H3,(H,29,33)/t24-,25+/m1/s1. The van der Waals surface area contributed by atoms with Gasteiger partial charge in [0.15, 0.2) is 5.17 Å². The topological polar surface area (TPSA) is 83.4 Å². The molecule has 3 aromatic rings. The zero-order valence-electron chi connectivity index (χ0n) is 20.0. The maximum atomic E-state index is 12.8. The van der Waals surface area contributed by atoms with Gasteiger partial charge in [0.25, 0.3) is 5.91 Å². The van der Waals surface area contributed by atoms with Crippen LogP contribution in [-0.2, 0) is 9.59 Å². The van der Waals surface area contributed by atoms with E-state index in [-0.39, 0.29) is 24.3 Å². The average Bonchev–Trinajstić information content (AvgIpc) is 3.50. The van der Waals surface area contributed by atoms with E-state index in [1.165, 1.54) is 11.8 Å². The van der Waals surface area contributed by atoms with Crippen LogP contribution in [0.2, 0.25) is 0 Å². The summed E-state index contributed by atoms with van der Waals surface area (Å²) in [7, 11) is 1.64. The van der Waals surface area contributed by atoms with Crippen molar-refractivity contribution in [2.24, 2.45) is 10.1 Å².